The summed E-state index contributed by atoms with van der Waals surface area (Å²) in [5.74, 6) is 1.54. The Hall–Kier alpha value is -3.30. The van der Waals surface area contributed by atoms with Crippen LogP contribution in [0.3, 0.4) is 0 Å². The summed E-state index contributed by atoms with van der Waals surface area (Å²) in [6.07, 6.45) is 1.40. The summed E-state index contributed by atoms with van der Waals surface area (Å²) in [6.45, 7) is 12.1. The molecule has 3 heterocycles. The van der Waals surface area contributed by atoms with Crippen molar-refractivity contribution >= 4 is 23.0 Å². The summed E-state index contributed by atoms with van der Waals surface area (Å²) >= 11 is 0. The van der Waals surface area contributed by atoms with Gasteiger partial charge < -0.3 is 22.9 Å². The molecule has 8 N–H and O–H groups in total. The van der Waals surface area contributed by atoms with Crippen molar-refractivity contribution in [1.29, 1.82) is 0 Å². The van der Waals surface area contributed by atoms with Crippen molar-refractivity contribution in [2.45, 2.75) is 52.4 Å². The van der Waals surface area contributed by atoms with Crippen LogP contribution in [0.2, 0.25) is 0 Å². The first-order valence-corrected chi connectivity index (χ1v) is 8.94. The second-order valence-electron chi connectivity index (χ2n) is 8.85. The normalized spacial score (nSPS) is 12.5. The van der Waals surface area contributed by atoms with E-state index in [1.807, 2.05) is 41.5 Å². The zero-order chi connectivity index (χ0) is 21.0. The molecule has 10 nitrogen and oxygen atoms in total. The SMILES string of the molecule is CC(C)(C)c1nn(-c2cc(-n3nc(C(C)(C)C)c(N)c3N)ncn2)c(N)c1N. The Morgan fingerprint density at radius 2 is 1.04 bits per heavy atom. The van der Waals surface area contributed by atoms with Crippen LogP contribution in [0.1, 0.15) is 52.9 Å². The first kappa shape index (κ1) is 19.5. The number of hydrogen-bond acceptors (Lipinski definition) is 8. The molecule has 0 saturated heterocycles. The number of nitrogen functional groups attached to an aromatic ring is 4. The van der Waals surface area contributed by atoms with Crippen LogP contribution in [-0.2, 0) is 10.8 Å². The fraction of sp³-hybridized carbons (Fsp3) is 0.444. The lowest BCUT2D eigenvalue weighted by Crippen LogP contribution is -2.15. The molecule has 0 aliphatic carbocycles. The number of anilines is 4. The monoisotopic (exact) mass is 384 g/mol. The largest absolute Gasteiger partial charge is 0.394 e. The summed E-state index contributed by atoms with van der Waals surface area (Å²) in [5.41, 5.74) is 26.4. The van der Waals surface area contributed by atoms with Gasteiger partial charge >= 0.3 is 0 Å². The molecule has 150 valence electrons. The fourth-order valence-corrected chi connectivity index (χ4v) is 2.91. The number of nitrogens with zero attached hydrogens (tertiary/aromatic N) is 6. The lowest BCUT2D eigenvalue weighted by atomic mass is 9.91. The molecular formula is C18H28N10. The Kier molecular flexibility index (Phi) is 4.25. The first-order valence-electron chi connectivity index (χ1n) is 8.94. The Morgan fingerprint density at radius 1 is 0.679 bits per heavy atom. The zero-order valence-electron chi connectivity index (χ0n) is 17.1. The summed E-state index contributed by atoms with van der Waals surface area (Å²) in [6, 6.07) is 1.68. The van der Waals surface area contributed by atoms with E-state index in [2.05, 4.69) is 20.2 Å². The van der Waals surface area contributed by atoms with Crippen molar-refractivity contribution in [2.75, 3.05) is 22.9 Å². The second kappa shape index (κ2) is 6.11. The van der Waals surface area contributed by atoms with Crippen molar-refractivity contribution in [3.05, 3.63) is 23.8 Å². The van der Waals surface area contributed by atoms with E-state index in [9.17, 15) is 0 Å². The molecule has 0 bridgehead atoms. The first-order chi connectivity index (χ1) is 12.8. The smallest absolute Gasteiger partial charge is 0.161 e. The molecule has 0 spiro atoms. The van der Waals surface area contributed by atoms with Crippen molar-refractivity contribution in [2.24, 2.45) is 0 Å². The Balaban J connectivity index is 2.13. The van der Waals surface area contributed by atoms with E-state index in [-0.39, 0.29) is 10.8 Å². The van der Waals surface area contributed by atoms with Crippen LogP contribution in [0.25, 0.3) is 11.6 Å². The minimum atomic E-state index is -0.262. The van der Waals surface area contributed by atoms with Crippen LogP contribution in [0.15, 0.2) is 12.4 Å². The summed E-state index contributed by atoms with van der Waals surface area (Å²) in [7, 11) is 0. The molecule has 3 rings (SSSR count). The highest BCUT2D eigenvalue weighted by Gasteiger charge is 2.27. The van der Waals surface area contributed by atoms with Gasteiger partial charge in [0.25, 0.3) is 0 Å². The van der Waals surface area contributed by atoms with Gasteiger partial charge in [0, 0.05) is 16.9 Å². The molecule has 0 aliphatic heterocycles. The zero-order valence-corrected chi connectivity index (χ0v) is 17.1. The predicted molar refractivity (Wildman–Crippen MR) is 111 cm³/mol. The number of rotatable bonds is 2. The number of hydrogen-bond donors (Lipinski definition) is 4. The summed E-state index contributed by atoms with van der Waals surface area (Å²) in [4.78, 5) is 8.56. The van der Waals surface area contributed by atoms with Gasteiger partial charge in [-0.15, -0.1) is 0 Å². The lowest BCUT2D eigenvalue weighted by Gasteiger charge is -2.15. The van der Waals surface area contributed by atoms with Gasteiger partial charge in [-0.3, -0.25) is 0 Å². The fourth-order valence-electron chi connectivity index (χ4n) is 2.91. The van der Waals surface area contributed by atoms with E-state index in [0.717, 1.165) is 0 Å². The Bertz CT molecular complexity index is 951. The molecule has 10 heteroatoms. The lowest BCUT2D eigenvalue weighted by molar-refractivity contribution is 0.560. The average Bonchev–Trinajstić information content (AvgIpc) is 3.05. The van der Waals surface area contributed by atoms with Gasteiger partial charge in [-0.1, -0.05) is 41.5 Å². The van der Waals surface area contributed by atoms with Gasteiger partial charge in [-0.2, -0.15) is 19.6 Å². The summed E-state index contributed by atoms with van der Waals surface area (Å²) in [5, 5.41) is 9.12. The maximum atomic E-state index is 6.18. The Morgan fingerprint density at radius 3 is 1.32 bits per heavy atom. The van der Waals surface area contributed by atoms with Gasteiger partial charge in [0.1, 0.15) is 6.33 Å². The highest BCUT2D eigenvalue weighted by Crippen LogP contribution is 2.33. The molecule has 28 heavy (non-hydrogen) atoms. The quantitative estimate of drug-likeness (QED) is 0.518. The van der Waals surface area contributed by atoms with Gasteiger partial charge in [0.2, 0.25) is 0 Å². The molecular weight excluding hydrogens is 356 g/mol. The highest BCUT2D eigenvalue weighted by molar-refractivity contribution is 5.67. The molecule has 3 aromatic heterocycles. The second-order valence-corrected chi connectivity index (χ2v) is 8.85. The third-order valence-electron chi connectivity index (χ3n) is 4.41. The van der Waals surface area contributed by atoms with Crippen molar-refractivity contribution in [1.82, 2.24) is 29.5 Å². The summed E-state index contributed by atoms with van der Waals surface area (Å²) < 4.78 is 2.99. The molecule has 0 aromatic carbocycles. The molecule has 0 fully saturated rings. The third kappa shape index (κ3) is 3.10. The van der Waals surface area contributed by atoms with Crippen LogP contribution < -0.4 is 22.9 Å². The van der Waals surface area contributed by atoms with Gasteiger partial charge in [-0.05, 0) is 0 Å². The van der Waals surface area contributed by atoms with E-state index < -0.39 is 0 Å². The standard InChI is InChI=1S/C18H28N10/c1-17(2,3)13-11(19)15(21)27(25-13)9-7-10(24-8-23-9)28-16(22)12(20)14(26-28)18(4,5)6/h7-8H,19-22H2,1-6H3. The van der Waals surface area contributed by atoms with Crippen LogP contribution >= 0.6 is 0 Å². The maximum Gasteiger partial charge on any atom is 0.161 e. The molecule has 0 unspecified atom stereocenters. The third-order valence-corrected chi connectivity index (χ3v) is 4.41. The molecule has 0 amide bonds. The maximum absolute atomic E-state index is 6.18. The van der Waals surface area contributed by atoms with Gasteiger partial charge in [0.05, 0.1) is 22.8 Å². The molecule has 3 aromatic rings. The average molecular weight is 384 g/mol. The van der Waals surface area contributed by atoms with Crippen molar-refractivity contribution < 1.29 is 0 Å². The number of aromatic nitrogens is 6. The minimum absolute atomic E-state index is 0.262. The molecule has 0 atom stereocenters. The van der Waals surface area contributed by atoms with Crippen molar-refractivity contribution in [3.8, 4) is 11.6 Å². The van der Waals surface area contributed by atoms with E-state index in [1.54, 1.807) is 6.07 Å². The predicted octanol–water partition coefficient (Wildman–Crippen LogP) is 1.77. The minimum Gasteiger partial charge on any atom is -0.394 e. The molecule has 0 saturated carbocycles. The van der Waals surface area contributed by atoms with Gasteiger partial charge in [0.15, 0.2) is 23.3 Å². The van der Waals surface area contributed by atoms with E-state index in [1.165, 1.54) is 15.7 Å². The molecule has 0 aliphatic rings. The van der Waals surface area contributed by atoms with E-state index in [4.69, 9.17) is 22.9 Å². The van der Waals surface area contributed by atoms with E-state index in [0.29, 0.717) is 46.0 Å². The van der Waals surface area contributed by atoms with Crippen LogP contribution in [0, 0.1) is 0 Å². The van der Waals surface area contributed by atoms with Gasteiger partial charge in [-0.25, -0.2) is 9.97 Å². The Labute approximate surface area is 163 Å². The highest BCUT2D eigenvalue weighted by atomic mass is 15.4. The van der Waals surface area contributed by atoms with Crippen LogP contribution in [0.5, 0.6) is 0 Å². The van der Waals surface area contributed by atoms with Crippen LogP contribution in [0.4, 0.5) is 23.0 Å². The van der Waals surface area contributed by atoms with Crippen molar-refractivity contribution in [3.63, 3.8) is 0 Å². The van der Waals surface area contributed by atoms with E-state index >= 15 is 0 Å². The molecule has 0 radical (unpaired) electrons. The van der Waals surface area contributed by atoms with Crippen LogP contribution in [-0.4, -0.2) is 29.5 Å². The number of nitrogens with two attached hydrogens (primary N) is 4. The topological polar surface area (TPSA) is 166 Å².